The third-order valence-corrected chi connectivity index (χ3v) is 6.42. The van der Waals surface area contributed by atoms with Crippen molar-refractivity contribution in [2.24, 2.45) is 5.92 Å². The molecule has 0 atom stereocenters. The minimum absolute atomic E-state index is 0.000878. The Morgan fingerprint density at radius 3 is 2.43 bits per heavy atom. The van der Waals surface area contributed by atoms with Gasteiger partial charge in [-0.15, -0.1) is 15.3 Å². The van der Waals surface area contributed by atoms with Crippen molar-refractivity contribution in [2.75, 3.05) is 18.5 Å². The molecule has 0 radical (unpaired) electrons. The quantitative estimate of drug-likeness (QED) is 0.340. The lowest BCUT2D eigenvalue weighted by atomic mass is 10.2. The van der Waals surface area contributed by atoms with E-state index in [0.29, 0.717) is 22.7 Å². The standard InChI is InChI=1S/C23H23FN6O4S/c1-15(2)23(31)26-18-7-9-19(10-8-18)35(32,33)25-13-14-34-21-12-11-20-27-28-22(30(20)29-21)16-3-5-17(24)6-4-16/h3-12,15,25H,13-14H2,1-2H3,(H,26,31). The zero-order valence-electron chi connectivity index (χ0n) is 19.0. The highest BCUT2D eigenvalue weighted by Crippen LogP contribution is 2.19. The first kappa shape index (κ1) is 24.2. The summed E-state index contributed by atoms with van der Waals surface area (Å²) in [5.74, 6) is -0.0473. The molecule has 2 aromatic heterocycles. The van der Waals surface area contributed by atoms with Gasteiger partial charge in [0, 0.05) is 29.8 Å². The number of ether oxygens (including phenoxy) is 1. The van der Waals surface area contributed by atoms with Crippen molar-refractivity contribution in [2.45, 2.75) is 18.7 Å². The third kappa shape index (κ3) is 5.78. The average Bonchev–Trinajstić information content (AvgIpc) is 3.26. The highest BCUT2D eigenvalue weighted by molar-refractivity contribution is 7.89. The normalized spacial score (nSPS) is 11.7. The first-order valence-electron chi connectivity index (χ1n) is 10.7. The highest BCUT2D eigenvalue weighted by atomic mass is 32.2. The maximum atomic E-state index is 13.2. The van der Waals surface area contributed by atoms with E-state index in [9.17, 15) is 17.6 Å². The Hall–Kier alpha value is -3.90. The van der Waals surface area contributed by atoms with Gasteiger partial charge >= 0.3 is 0 Å². The summed E-state index contributed by atoms with van der Waals surface area (Å²) in [6.45, 7) is 3.56. The molecule has 0 aliphatic heterocycles. The van der Waals surface area contributed by atoms with Crippen LogP contribution < -0.4 is 14.8 Å². The summed E-state index contributed by atoms with van der Waals surface area (Å²) in [6, 6.07) is 14.9. The maximum absolute atomic E-state index is 13.2. The molecule has 4 rings (SSSR count). The van der Waals surface area contributed by atoms with Gasteiger partial charge in [0.1, 0.15) is 12.4 Å². The van der Waals surface area contributed by atoms with Crippen LogP contribution in [0.3, 0.4) is 0 Å². The number of benzene rings is 2. The Morgan fingerprint density at radius 1 is 1.03 bits per heavy atom. The van der Waals surface area contributed by atoms with Crippen LogP contribution in [0.5, 0.6) is 5.88 Å². The number of nitrogens with one attached hydrogen (secondary N) is 2. The monoisotopic (exact) mass is 498 g/mol. The largest absolute Gasteiger partial charge is 0.475 e. The van der Waals surface area contributed by atoms with Gasteiger partial charge < -0.3 is 10.1 Å². The molecule has 1 amide bonds. The number of amides is 1. The fraction of sp³-hybridized carbons (Fsp3) is 0.217. The van der Waals surface area contributed by atoms with Crippen LogP contribution in [0.1, 0.15) is 13.8 Å². The van der Waals surface area contributed by atoms with Gasteiger partial charge in [0.05, 0.1) is 4.90 Å². The highest BCUT2D eigenvalue weighted by Gasteiger charge is 2.15. The summed E-state index contributed by atoms with van der Waals surface area (Å²) in [6.07, 6.45) is 0. The van der Waals surface area contributed by atoms with E-state index in [2.05, 4.69) is 25.3 Å². The molecule has 0 aliphatic rings. The van der Waals surface area contributed by atoms with E-state index in [-0.39, 0.29) is 41.6 Å². The number of sulfonamides is 1. The van der Waals surface area contributed by atoms with Crippen molar-refractivity contribution in [3.05, 3.63) is 66.5 Å². The van der Waals surface area contributed by atoms with E-state index >= 15 is 0 Å². The van der Waals surface area contributed by atoms with Crippen LogP contribution in [0.2, 0.25) is 0 Å². The van der Waals surface area contributed by atoms with Crippen LogP contribution in [-0.4, -0.2) is 47.3 Å². The molecular weight excluding hydrogens is 475 g/mol. The second kappa shape index (κ2) is 10.2. The zero-order valence-corrected chi connectivity index (χ0v) is 19.8. The lowest BCUT2D eigenvalue weighted by Crippen LogP contribution is -2.28. The lowest BCUT2D eigenvalue weighted by molar-refractivity contribution is -0.118. The molecule has 2 N–H and O–H groups in total. The number of fused-ring (bicyclic) bond motifs is 1. The molecule has 0 fully saturated rings. The number of carbonyl (C=O) groups excluding carboxylic acids is 1. The predicted octanol–water partition coefficient (Wildman–Crippen LogP) is 2.88. The number of anilines is 1. The van der Waals surface area contributed by atoms with E-state index in [1.807, 2.05) is 0 Å². The molecule has 35 heavy (non-hydrogen) atoms. The van der Waals surface area contributed by atoms with Crippen molar-refractivity contribution < 1.29 is 22.3 Å². The number of hydrogen-bond donors (Lipinski definition) is 2. The Balaban J connectivity index is 1.36. The average molecular weight is 499 g/mol. The summed E-state index contributed by atoms with van der Waals surface area (Å²) >= 11 is 0. The lowest BCUT2D eigenvalue weighted by Gasteiger charge is -2.10. The van der Waals surface area contributed by atoms with E-state index in [0.717, 1.165) is 0 Å². The van der Waals surface area contributed by atoms with E-state index < -0.39 is 10.0 Å². The van der Waals surface area contributed by atoms with Crippen molar-refractivity contribution in [1.82, 2.24) is 24.5 Å². The second-order valence-corrected chi connectivity index (χ2v) is 9.65. The van der Waals surface area contributed by atoms with Crippen LogP contribution in [0.25, 0.3) is 17.0 Å². The SMILES string of the molecule is CC(C)C(=O)Nc1ccc(S(=O)(=O)NCCOc2ccc3nnc(-c4ccc(F)cc4)n3n2)cc1. The summed E-state index contributed by atoms with van der Waals surface area (Å²) in [5.41, 5.74) is 1.62. The van der Waals surface area contributed by atoms with Gasteiger partial charge in [-0.3, -0.25) is 4.79 Å². The van der Waals surface area contributed by atoms with E-state index in [1.165, 1.54) is 40.9 Å². The number of nitrogens with zero attached hydrogens (tertiary/aromatic N) is 4. The number of rotatable bonds is 9. The third-order valence-electron chi connectivity index (χ3n) is 4.94. The fourth-order valence-corrected chi connectivity index (χ4v) is 4.06. The van der Waals surface area contributed by atoms with Crippen molar-refractivity contribution >= 4 is 27.3 Å². The van der Waals surface area contributed by atoms with Crippen LogP contribution in [0, 0.1) is 11.7 Å². The van der Waals surface area contributed by atoms with Crippen LogP contribution in [-0.2, 0) is 14.8 Å². The Labute approximate surface area is 201 Å². The van der Waals surface area contributed by atoms with Crippen molar-refractivity contribution in [1.29, 1.82) is 0 Å². The molecule has 182 valence electrons. The van der Waals surface area contributed by atoms with Gasteiger partial charge in [-0.05, 0) is 54.6 Å². The topological polar surface area (TPSA) is 128 Å². The van der Waals surface area contributed by atoms with Crippen LogP contribution in [0.15, 0.2) is 65.6 Å². The molecule has 0 saturated heterocycles. The Kier molecular flexibility index (Phi) is 7.03. The maximum Gasteiger partial charge on any atom is 0.240 e. The van der Waals surface area contributed by atoms with Crippen molar-refractivity contribution in [3.8, 4) is 17.3 Å². The fourth-order valence-electron chi connectivity index (χ4n) is 3.05. The molecule has 4 aromatic rings. The van der Waals surface area contributed by atoms with E-state index in [1.54, 1.807) is 38.1 Å². The van der Waals surface area contributed by atoms with E-state index in [4.69, 9.17) is 4.74 Å². The molecule has 12 heteroatoms. The Morgan fingerprint density at radius 2 is 1.74 bits per heavy atom. The minimum atomic E-state index is -3.77. The van der Waals surface area contributed by atoms with Gasteiger partial charge in [-0.25, -0.2) is 17.5 Å². The molecule has 0 unspecified atom stereocenters. The molecule has 2 aromatic carbocycles. The van der Waals surface area contributed by atoms with Crippen LogP contribution in [0.4, 0.5) is 10.1 Å². The molecule has 0 spiro atoms. The molecular formula is C23H23FN6O4S. The molecule has 10 nitrogen and oxygen atoms in total. The number of carbonyl (C=O) groups is 1. The first-order chi connectivity index (χ1) is 16.7. The summed E-state index contributed by atoms with van der Waals surface area (Å²) in [7, 11) is -3.77. The smallest absolute Gasteiger partial charge is 0.240 e. The summed E-state index contributed by atoms with van der Waals surface area (Å²) in [5, 5.41) is 15.2. The zero-order chi connectivity index (χ0) is 25.0. The van der Waals surface area contributed by atoms with Gasteiger partial charge in [0.2, 0.25) is 21.8 Å². The van der Waals surface area contributed by atoms with Gasteiger partial charge in [0.25, 0.3) is 0 Å². The molecule has 0 aliphatic carbocycles. The molecule has 2 heterocycles. The molecule has 0 bridgehead atoms. The first-order valence-corrected chi connectivity index (χ1v) is 12.2. The van der Waals surface area contributed by atoms with Gasteiger partial charge in [-0.1, -0.05) is 13.8 Å². The molecule has 0 saturated carbocycles. The second-order valence-electron chi connectivity index (χ2n) is 7.89. The summed E-state index contributed by atoms with van der Waals surface area (Å²) in [4.78, 5) is 11.8. The van der Waals surface area contributed by atoms with Crippen molar-refractivity contribution in [3.63, 3.8) is 0 Å². The Bertz CT molecular complexity index is 1440. The summed E-state index contributed by atoms with van der Waals surface area (Å²) < 4.78 is 47.8. The van der Waals surface area contributed by atoms with Gasteiger partial charge in [0.15, 0.2) is 11.5 Å². The number of aromatic nitrogens is 4. The number of hydrogen-bond acceptors (Lipinski definition) is 7. The van der Waals surface area contributed by atoms with Gasteiger partial charge in [-0.2, -0.15) is 4.52 Å². The number of halogens is 1. The predicted molar refractivity (Wildman–Crippen MR) is 127 cm³/mol. The minimum Gasteiger partial charge on any atom is -0.475 e. The van der Waals surface area contributed by atoms with Crippen LogP contribution >= 0.6 is 0 Å².